The molecule has 1 N–H and O–H groups in total. The first kappa shape index (κ1) is 23.2. The minimum Gasteiger partial charge on any atom is -0.496 e. The molecule has 1 fully saturated rings. The van der Waals surface area contributed by atoms with Gasteiger partial charge in [-0.05, 0) is 23.6 Å². The lowest BCUT2D eigenvalue weighted by atomic mass is 10.0. The number of ether oxygens (including phenoxy) is 1. The second-order valence-electron chi connectivity index (χ2n) is 7.73. The molecule has 8 heteroatoms. The van der Waals surface area contributed by atoms with Crippen LogP contribution in [0, 0.1) is 0 Å². The van der Waals surface area contributed by atoms with Crippen LogP contribution in [0.15, 0.2) is 54.6 Å². The van der Waals surface area contributed by atoms with Crippen LogP contribution in [0.25, 0.3) is 0 Å². The lowest BCUT2D eigenvalue weighted by molar-refractivity contribution is 0.0754. The van der Waals surface area contributed by atoms with Gasteiger partial charge < -0.3 is 15.0 Å². The molecule has 2 aromatic rings. The van der Waals surface area contributed by atoms with Crippen molar-refractivity contribution in [2.75, 3.05) is 52.1 Å². The van der Waals surface area contributed by atoms with E-state index in [4.69, 9.17) is 4.74 Å². The summed E-state index contributed by atoms with van der Waals surface area (Å²) in [7, 11) is -1.92. The monoisotopic (exact) mass is 445 g/mol. The molecular weight excluding hydrogens is 414 g/mol. The Bertz CT molecular complexity index is 960. The van der Waals surface area contributed by atoms with Gasteiger partial charge in [0.15, 0.2) is 0 Å². The van der Waals surface area contributed by atoms with Gasteiger partial charge in [0.2, 0.25) is 10.0 Å². The van der Waals surface area contributed by atoms with Crippen molar-refractivity contribution >= 4 is 15.9 Å². The van der Waals surface area contributed by atoms with Gasteiger partial charge in [-0.2, -0.15) is 4.31 Å². The SMILES string of the molecule is COc1ccccc1C(=O)N(CCS(=O)(=O)N1CCNCC1)C[C@H](C)c1ccccc1. The molecule has 0 radical (unpaired) electrons. The summed E-state index contributed by atoms with van der Waals surface area (Å²) in [6, 6.07) is 17.0. The van der Waals surface area contributed by atoms with E-state index in [1.165, 1.54) is 11.4 Å². The van der Waals surface area contributed by atoms with E-state index in [0.717, 1.165) is 5.56 Å². The van der Waals surface area contributed by atoms with Gasteiger partial charge in [0.25, 0.3) is 5.91 Å². The molecule has 0 aliphatic carbocycles. The fraction of sp³-hybridized carbons (Fsp3) is 0.435. The van der Waals surface area contributed by atoms with E-state index in [1.54, 1.807) is 29.2 Å². The molecule has 31 heavy (non-hydrogen) atoms. The number of hydrogen-bond donors (Lipinski definition) is 1. The highest BCUT2D eigenvalue weighted by Crippen LogP contribution is 2.22. The third-order valence-corrected chi connectivity index (χ3v) is 7.43. The zero-order valence-corrected chi connectivity index (χ0v) is 19.0. The summed E-state index contributed by atoms with van der Waals surface area (Å²) in [5.74, 6) is 0.211. The molecule has 7 nitrogen and oxygen atoms in total. The van der Waals surface area contributed by atoms with Crippen molar-refractivity contribution in [1.29, 1.82) is 0 Å². The Kier molecular flexibility index (Phi) is 8.06. The predicted octanol–water partition coefficient (Wildman–Crippen LogP) is 2.18. The number of piperazine rings is 1. The summed E-state index contributed by atoms with van der Waals surface area (Å²) in [6.07, 6.45) is 0. The van der Waals surface area contributed by atoms with Gasteiger partial charge in [-0.3, -0.25) is 4.79 Å². The quantitative estimate of drug-likeness (QED) is 0.640. The van der Waals surface area contributed by atoms with Crippen LogP contribution in [-0.2, 0) is 10.0 Å². The number of amides is 1. The summed E-state index contributed by atoms with van der Waals surface area (Å²) in [4.78, 5) is 15.0. The van der Waals surface area contributed by atoms with E-state index in [-0.39, 0.29) is 24.1 Å². The van der Waals surface area contributed by atoms with Gasteiger partial charge in [-0.25, -0.2) is 8.42 Å². The molecule has 0 unspecified atom stereocenters. The number of nitrogens with zero attached hydrogens (tertiary/aromatic N) is 2. The molecule has 1 heterocycles. The van der Waals surface area contributed by atoms with Crippen LogP contribution >= 0.6 is 0 Å². The number of sulfonamides is 1. The average Bonchev–Trinajstić information content (AvgIpc) is 2.82. The van der Waals surface area contributed by atoms with E-state index in [0.29, 0.717) is 44.0 Å². The van der Waals surface area contributed by atoms with Crippen LogP contribution in [0.4, 0.5) is 0 Å². The summed E-state index contributed by atoms with van der Waals surface area (Å²) in [5.41, 5.74) is 1.54. The Balaban J connectivity index is 1.80. The minimum absolute atomic E-state index is 0.0572. The Labute approximate surface area is 185 Å². The largest absolute Gasteiger partial charge is 0.496 e. The second kappa shape index (κ2) is 10.7. The van der Waals surface area contributed by atoms with Crippen molar-refractivity contribution in [3.8, 4) is 5.75 Å². The maximum Gasteiger partial charge on any atom is 0.257 e. The van der Waals surface area contributed by atoms with Gasteiger partial charge in [0.1, 0.15) is 5.75 Å². The first-order chi connectivity index (χ1) is 14.9. The number of nitrogens with one attached hydrogen (secondary N) is 1. The highest BCUT2D eigenvalue weighted by molar-refractivity contribution is 7.89. The van der Waals surface area contributed by atoms with Gasteiger partial charge in [-0.1, -0.05) is 49.4 Å². The summed E-state index contributed by atoms with van der Waals surface area (Å²) >= 11 is 0. The van der Waals surface area contributed by atoms with E-state index in [2.05, 4.69) is 5.32 Å². The van der Waals surface area contributed by atoms with Crippen molar-refractivity contribution in [2.24, 2.45) is 0 Å². The van der Waals surface area contributed by atoms with Crippen LogP contribution in [-0.4, -0.2) is 75.7 Å². The van der Waals surface area contributed by atoms with Crippen molar-refractivity contribution in [1.82, 2.24) is 14.5 Å². The Hall–Kier alpha value is -2.42. The maximum absolute atomic E-state index is 13.4. The normalized spacial score (nSPS) is 15.9. The van der Waals surface area contributed by atoms with E-state index in [1.807, 2.05) is 37.3 Å². The Morgan fingerprint density at radius 1 is 1.10 bits per heavy atom. The molecule has 1 aliphatic heterocycles. The molecule has 2 aromatic carbocycles. The third kappa shape index (κ3) is 6.06. The topological polar surface area (TPSA) is 79.0 Å². The standard InChI is InChI=1S/C23H31N3O4S/c1-19(20-8-4-3-5-9-20)18-25(23(27)21-10-6-7-11-22(21)30-2)16-17-31(28,29)26-14-12-24-13-15-26/h3-11,19,24H,12-18H2,1-2H3/t19-/m0/s1. The lowest BCUT2D eigenvalue weighted by Crippen LogP contribution is -2.48. The molecule has 3 rings (SSSR count). The Morgan fingerprint density at radius 2 is 1.74 bits per heavy atom. The molecule has 1 amide bonds. The number of hydrogen-bond acceptors (Lipinski definition) is 5. The van der Waals surface area contributed by atoms with Crippen molar-refractivity contribution in [3.05, 3.63) is 65.7 Å². The fourth-order valence-corrected chi connectivity index (χ4v) is 5.21. The fourth-order valence-electron chi connectivity index (χ4n) is 3.76. The van der Waals surface area contributed by atoms with Crippen LogP contribution < -0.4 is 10.1 Å². The number of para-hydroxylation sites is 1. The van der Waals surface area contributed by atoms with Crippen molar-refractivity contribution in [3.63, 3.8) is 0 Å². The van der Waals surface area contributed by atoms with Crippen LogP contribution in [0.3, 0.4) is 0 Å². The molecule has 0 bridgehead atoms. The molecule has 0 saturated carbocycles. The summed E-state index contributed by atoms with van der Waals surface area (Å²) in [6.45, 7) is 4.80. The number of methoxy groups -OCH3 is 1. The van der Waals surface area contributed by atoms with E-state index >= 15 is 0 Å². The van der Waals surface area contributed by atoms with Crippen LogP contribution in [0.1, 0.15) is 28.8 Å². The highest BCUT2D eigenvalue weighted by Gasteiger charge is 2.27. The molecule has 0 spiro atoms. The zero-order chi connectivity index (χ0) is 22.3. The molecule has 1 atom stereocenters. The molecule has 168 valence electrons. The summed E-state index contributed by atoms with van der Waals surface area (Å²) in [5, 5.41) is 3.16. The van der Waals surface area contributed by atoms with Crippen molar-refractivity contribution < 1.29 is 17.9 Å². The zero-order valence-electron chi connectivity index (χ0n) is 18.2. The van der Waals surface area contributed by atoms with Gasteiger partial charge in [0, 0.05) is 39.3 Å². The third-order valence-electron chi connectivity index (χ3n) is 5.58. The smallest absolute Gasteiger partial charge is 0.257 e. The molecule has 1 saturated heterocycles. The highest BCUT2D eigenvalue weighted by atomic mass is 32.2. The molecular formula is C23H31N3O4S. The Morgan fingerprint density at radius 3 is 2.42 bits per heavy atom. The number of rotatable bonds is 9. The minimum atomic E-state index is -3.44. The van der Waals surface area contributed by atoms with Crippen LogP contribution in [0.5, 0.6) is 5.75 Å². The van der Waals surface area contributed by atoms with E-state index in [9.17, 15) is 13.2 Å². The van der Waals surface area contributed by atoms with Crippen molar-refractivity contribution in [2.45, 2.75) is 12.8 Å². The van der Waals surface area contributed by atoms with Gasteiger partial charge in [0.05, 0.1) is 18.4 Å². The lowest BCUT2D eigenvalue weighted by Gasteiger charge is -2.30. The first-order valence-electron chi connectivity index (χ1n) is 10.6. The maximum atomic E-state index is 13.4. The summed E-state index contributed by atoms with van der Waals surface area (Å²) < 4.78 is 32.6. The van der Waals surface area contributed by atoms with Gasteiger partial charge in [-0.15, -0.1) is 0 Å². The number of carbonyl (C=O) groups is 1. The van der Waals surface area contributed by atoms with Gasteiger partial charge >= 0.3 is 0 Å². The molecule has 1 aliphatic rings. The van der Waals surface area contributed by atoms with Crippen LogP contribution in [0.2, 0.25) is 0 Å². The predicted molar refractivity (Wildman–Crippen MR) is 122 cm³/mol. The number of benzene rings is 2. The first-order valence-corrected chi connectivity index (χ1v) is 12.2. The number of carbonyl (C=O) groups excluding carboxylic acids is 1. The van der Waals surface area contributed by atoms with E-state index < -0.39 is 10.0 Å². The average molecular weight is 446 g/mol. The second-order valence-corrected chi connectivity index (χ2v) is 9.82. The molecule has 0 aromatic heterocycles.